The number of carbonyl (C=O) groups excluding carboxylic acids is 1. The average Bonchev–Trinajstić information content (AvgIpc) is 3.02. The van der Waals surface area contributed by atoms with Crippen molar-refractivity contribution in [2.24, 2.45) is 0 Å². The number of nitrogens with zero attached hydrogens (tertiary/aromatic N) is 2. The Morgan fingerprint density at radius 3 is 2.47 bits per heavy atom. The molecule has 0 aliphatic heterocycles. The highest BCUT2D eigenvalue weighted by molar-refractivity contribution is 7.92. The van der Waals surface area contributed by atoms with Crippen LogP contribution in [0.15, 0.2) is 41.2 Å². The number of aryl methyl sites for hydroxylation is 1. The number of benzene rings is 2. The minimum absolute atomic E-state index is 0.0193. The van der Waals surface area contributed by atoms with E-state index in [1.807, 2.05) is 20.8 Å². The Morgan fingerprint density at radius 2 is 1.91 bits per heavy atom. The summed E-state index contributed by atoms with van der Waals surface area (Å²) >= 11 is 7.32. The number of thiazole rings is 1. The summed E-state index contributed by atoms with van der Waals surface area (Å²) in [6.07, 6.45) is 1.32. The Labute approximate surface area is 196 Å². The number of aromatic nitrogens is 1. The van der Waals surface area contributed by atoms with Gasteiger partial charge in [-0.1, -0.05) is 35.9 Å². The zero-order chi connectivity index (χ0) is 23.8. The average molecular weight is 496 g/mol. The second-order valence-corrected chi connectivity index (χ2v) is 11.2. The Hall–Kier alpha value is -2.36. The Kier molecular flexibility index (Phi) is 7.02. The van der Waals surface area contributed by atoms with Crippen LogP contribution in [0.5, 0.6) is 0 Å². The summed E-state index contributed by atoms with van der Waals surface area (Å²) < 4.78 is 28.8. The van der Waals surface area contributed by atoms with E-state index in [0.717, 1.165) is 37.7 Å². The van der Waals surface area contributed by atoms with Crippen molar-refractivity contribution in [2.45, 2.75) is 46.2 Å². The summed E-state index contributed by atoms with van der Waals surface area (Å²) in [4.78, 5) is 25.4. The number of sulfonamides is 1. The van der Waals surface area contributed by atoms with Crippen molar-refractivity contribution < 1.29 is 13.2 Å². The van der Waals surface area contributed by atoms with Crippen molar-refractivity contribution in [3.8, 4) is 0 Å². The second-order valence-electron chi connectivity index (χ2n) is 7.92. The summed E-state index contributed by atoms with van der Waals surface area (Å²) in [5.74, 6) is -0.468. The molecule has 172 valence electrons. The van der Waals surface area contributed by atoms with Crippen LogP contribution in [-0.2, 0) is 14.8 Å². The molecule has 10 heteroatoms. The van der Waals surface area contributed by atoms with Crippen molar-refractivity contribution in [1.82, 2.24) is 4.57 Å². The second kappa shape index (κ2) is 9.25. The van der Waals surface area contributed by atoms with Crippen molar-refractivity contribution in [3.63, 3.8) is 0 Å². The molecule has 0 saturated heterocycles. The summed E-state index contributed by atoms with van der Waals surface area (Å²) in [7, 11) is -3.77. The van der Waals surface area contributed by atoms with E-state index in [1.165, 1.54) is 0 Å². The third kappa shape index (κ3) is 4.84. The molecule has 7 nitrogen and oxygen atoms in total. The quantitative estimate of drug-likeness (QED) is 0.510. The van der Waals surface area contributed by atoms with Gasteiger partial charge in [-0.2, -0.15) is 0 Å². The third-order valence-electron chi connectivity index (χ3n) is 5.14. The van der Waals surface area contributed by atoms with E-state index in [0.29, 0.717) is 16.4 Å². The minimum Gasteiger partial charge on any atom is -0.324 e. The van der Waals surface area contributed by atoms with Crippen LogP contribution in [0.1, 0.15) is 38.8 Å². The lowest BCUT2D eigenvalue weighted by Gasteiger charge is -2.30. The van der Waals surface area contributed by atoms with Crippen LogP contribution in [-0.4, -0.2) is 31.2 Å². The first-order valence-corrected chi connectivity index (χ1v) is 13.2. The summed E-state index contributed by atoms with van der Waals surface area (Å²) in [6, 6.07) is 9.18. The summed E-state index contributed by atoms with van der Waals surface area (Å²) in [5.41, 5.74) is 2.43. The fourth-order valence-corrected chi connectivity index (χ4v) is 6.04. The molecule has 1 amide bonds. The molecular weight excluding hydrogens is 470 g/mol. The molecule has 2 aromatic carbocycles. The molecule has 32 heavy (non-hydrogen) atoms. The third-order valence-corrected chi connectivity index (χ3v) is 7.64. The van der Waals surface area contributed by atoms with Crippen molar-refractivity contribution in [2.75, 3.05) is 15.9 Å². The van der Waals surface area contributed by atoms with Gasteiger partial charge in [0.2, 0.25) is 15.9 Å². The lowest BCUT2D eigenvalue weighted by Crippen LogP contribution is -2.47. The molecule has 1 heterocycles. The zero-order valence-corrected chi connectivity index (χ0v) is 20.9. The number of fused-ring (bicyclic) bond motifs is 1. The van der Waals surface area contributed by atoms with Crippen molar-refractivity contribution >= 4 is 60.5 Å². The number of amides is 1. The topological polar surface area (TPSA) is 88.5 Å². The standard InChI is InChI=1S/C22H26ClN3O4S2/c1-6-18(26(32(5,29)30)16-9-7-14(4)17(23)12-16)21(27)24-15-8-10-19-20(11-15)31-22(28)25(19)13(2)3/h7-13,18H,6H2,1-5H3,(H,24,27)/t18-/m0/s1. The van der Waals surface area contributed by atoms with Crippen LogP contribution >= 0.6 is 22.9 Å². The van der Waals surface area contributed by atoms with Gasteiger partial charge in [0.25, 0.3) is 0 Å². The smallest absolute Gasteiger partial charge is 0.308 e. The minimum atomic E-state index is -3.77. The normalized spacial score (nSPS) is 12.8. The van der Waals surface area contributed by atoms with Crippen LogP contribution in [0.25, 0.3) is 10.2 Å². The largest absolute Gasteiger partial charge is 0.324 e. The molecule has 0 spiro atoms. The molecule has 3 rings (SSSR count). The Balaban J connectivity index is 1.96. The molecule has 0 aliphatic rings. The monoisotopic (exact) mass is 495 g/mol. The fraction of sp³-hybridized carbons (Fsp3) is 0.364. The molecule has 0 unspecified atom stereocenters. The molecule has 1 atom stereocenters. The van der Waals surface area contributed by atoms with Gasteiger partial charge in [-0.15, -0.1) is 0 Å². The predicted octanol–water partition coefficient (Wildman–Crippen LogP) is 4.79. The van der Waals surface area contributed by atoms with Crippen LogP contribution in [0, 0.1) is 6.92 Å². The lowest BCUT2D eigenvalue weighted by atomic mass is 10.1. The van der Waals surface area contributed by atoms with Crippen LogP contribution in [0.4, 0.5) is 11.4 Å². The van der Waals surface area contributed by atoms with Crippen molar-refractivity contribution in [3.05, 3.63) is 56.7 Å². The van der Waals surface area contributed by atoms with Gasteiger partial charge in [0, 0.05) is 16.8 Å². The number of hydrogen-bond acceptors (Lipinski definition) is 5. The first-order chi connectivity index (χ1) is 14.9. The number of carbonyl (C=O) groups is 1. The number of nitrogens with one attached hydrogen (secondary N) is 1. The summed E-state index contributed by atoms with van der Waals surface area (Å²) in [5, 5.41) is 3.23. The lowest BCUT2D eigenvalue weighted by molar-refractivity contribution is -0.117. The van der Waals surface area contributed by atoms with Gasteiger partial charge in [0.1, 0.15) is 6.04 Å². The number of anilines is 2. The van der Waals surface area contributed by atoms with E-state index < -0.39 is 22.0 Å². The SMILES string of the molecule is CC[C@@H](C(=O)Nc1ccc2c(c1)sc(=O)n2C(C)C)N(c1ccc(C)c(Cl)c1)S(C)(=O)=O. The van der Waals surface area contributed by atoms with Gasteiger partial charge in [-0.05, 0) is 63.1 Å². The highest BCUT2D eigenvalue weighted by atomic mass is 35.5. The zero-order valence-electron chi connectivity index (χ0n) is 18.5. The van der Waals surface area contributed by atoms with Crippen molar-refractivity contribution in [1.29, 1.82) is 0 Å². The first kappa shape index (κ1) is 24.3. The highest BCUT2D eigenvalue weighted by Gasteiger charge is 2.32. The molecule has 0 radical (unpaired) electrons. The van der Waals surface area contributed by atoms with Crippen LogP contribution < -0.4 is 14.5 Å². The molecular formula is C22H26ClN3O4S2. The van der Waals surface area contributed by atoms with E-state index in [9.17, 15) is 18.0 Å². The number of hydrogen-bond donors (Lipinski definition) is 1. The molecule has 0 saturated carbocycles. The fourth-order valence-electron chi connectivity index (χ4n) is 3.61. The molecule has 1 aromatic heterocycles. The van der Waals surface area contributed by atoms with Crippen LogP contribution in [0.3, 0.4) is 0 Å². The van der Waals surface area contributed by atoms with E-state index in [1.54, 1.807) is 47.9 Å². The maximum atomic E-state index is 13.2. The molecule has 1 N–H and O–H groups in total. The number of rotatable bonds is 7. The maximum absolute atomic E-state index is 13.2. The van der Waals surface area contributed by atoms with E-state index in [-0.39, 0.29) is 17.3 Å². The molecule has 0 bridgehead atoms. The van der Waals surface area contributed by atoms with E-state index in [2.05, 4.69) is 5.32 Å². The van der Waals surface area contributed by atoms with E-state index in [4.69, 9.17) is 11.6 Å². The molecule has 3 aromatic rings. The predicted molar refractivity (Wildman–Crippen MR) is 133 cm³/mol. The highest BCUT2D eigenvalue weighted by Crippen LogP contribution is 2.29. The van der Waals surface area contributed by atoms with Gasteiger partial charge in [-0.25, -0.2) is 8.42 Å². The Bertz CT molecular complexity index is 1330. The first-order valence-electron chi connectivity index (χ1n) is 10.2. The van der Waals surface area contributed by atoms with Gasteiger partial charge in [0.05, 0.1) is 22.2 Å². The van der Waals surface area contributed by atoms with Gasteiger partial charge in [-0.3, -0.25) is 18.5 Å². The van der Waals surface area contributed by atoms with Gasteiger partial charge < -0.3 is 5.32 Å². The van der Waals surface area contributed by atoms with Gasteiger partial charge >= 0.3 is 4.87 Å². The van der Waals surface area contributed by atoms with Crippen LogP contribution in [0.2, 0.25) is 5.02 Å². The van der Waals surface area contributed by atoms with Gasteiger partial charge in [0.15, 0.2) is 0 Å². The van der Waals surface area contributed by atoms with E-state index >= 15 is 0 Å². The number of halogens is 1. The molecule has 0 aliphatic carbocycles. The summed E-state index contributed by atoms with van der Waals surface area (Å²) in [6.45, 7) is 7.44. The Morgan fingerprint density at radius 1 is 1.22 bits per heavy atom. The maximum Gasteiger partial charge on any atom is 0.308 e. The molecule has 0 fully saturated rings.